The topological polar surface area (TPSA) is 99.5 Å². The summed E-state index contributed by atoms with van der Waals surface area (Å²) in [7, 11) is 0. The van der Waals surface area contributed by atoms with Crippen molar-refractivity contribution in [3.05, 3.63) is 52.3 Å². The van der Waals surface area contributed by atoms with Crippen molar-refractivity contribution in [1.82, 2.24) is 4.98 Å². The number of aromatic nitrogens is 1. The van der Waals surface area contributed by atoms with Crippen molar-refractivity contribution in [1.29, 1.82) is 0 Å². The molecular weight excluding hydrogens is 356 g/mol. The number of aliphatic carboxylic acids is 1. The predicted octanol–water partition coefficient (Wildman–Crippen LogP) is 4.07. The summed E-state index contributed by atoms with van der Waals surface area (Å²) in [6, 6.07) is 7.12. The van der Waals surface area contributed by atoms with Gasteiger partial charge in [0.05, 0.1) is 5.69 Å². The highest BCUT2D eigenvalue weighted by Crippen LogP contribution is 2.36. The number of hydrogen-bond donors (Lipinski definition) is 3. The van der Waals surface area contributed by atoms with E-state index in [1.165, 1.54) is 19.3 Å². The number of nitrogens with one attached hydrogen (secondary N) is 1. The molecule has 1 aliphatic rings. The zero-order chi connectivity index (χ0) is 20.3. The standard InChI is InChI=1S/C22H26N2O4/c1-13-10-17(24-21(26)22(27)28)11-14(2)18(13)12-16-8-9-19(25)20(23-16)15-6-4-3-5-7-15/h8-11,15,25H,3-7,12H2,1-2H3,(H,24,26)(H,27,28). The van der Waals surface area contributed by atoms with Crippen molar-refractivity contribution < 1.29 is 19.8 Å². The Morgan fingerprint density at radius 1 is 1.11 bits per heavy atom. The third-order valence-electron chi connectivity index (χ3n) is 5.46. The van der Waals surface area contributed by atoms with Gasteiger partial charge in [-0.3, -0.25) is 9.78 Å². The normalized spacial score (nSPS) is 14.6. The van der Waals surface area contributed by atoms with Gasteiger partial charge in [-0.2, -0.15) is 0 Å². The Morgan fingerprint density at radius 2 is 1.75 bits per heavy atom. The van der Waals surface area contributed by atoms with E-state index >= 15 is 0 Å². The van der Waals surface area contributed by atoms with Crippen LogP contribution < -0.4 is 5.32 Å². The second kappa shape index (κ2) is 8.42. The molecule has 3 rings (SSSR count). The van der Waals surface area contributed by atoms with Crippen molar-refractivity contribution in [3.63, 3.8) is 0 Å². The molecule has 0 saturated heterocycles. The zero-order valence-corrected chi connectivity index (χ0v) is 16.3. The first-order chi connectivity index (χ1) is 13.3. The van der Waals surface area contributed by atoms with Crippen LogP contribution >= 0.6 is 0 Å². The fourth-order valence-corrected chi connectivity index (χ4v) is 3.99. The molecule has 148 valence electrons. The van der Waals surface area contributed by atoms with Crippen LogP contribution in [0.1, 0.15) is 66.1 Å². The van der Waals surface area contributed by atoms with Crippen molar-refractivity contribution >= 4 is 17.6 Å². The molecule has 1 fully saturated rings. The summed E-state index contributed by atoms with van der Waals surface area (Å²) in [5.74, 6) is -1.97. The minimum atomic E-state index is -1.51. The average Bonchev–Trinajstić information content (AvgIpc) is 2.66. The van der Waals surface area contributed by atoms with E-state index < -0.39 is 11.9 Å². The molecule has 2 aromatic rings. The highest BCUT2D eigenvalue weighted by molar-refractivity contribution is 6.36. The molecule has 1 saturated carbocycles. The highest BCUT2D eigenvalue weighted by atomic mass is 16.4. The summed E-state index contributed by atoms with van der Waals surface area (Å²) in [5, 5.41) is 21.4. The maximum atomic E-state index is 11.4. The molecule has 1 aromatic heterocycles. The highest BCUT2D eigenvalue weighted by Gasteiger charge is 2.21. The van der Waals surface area contributed by atoms with Gasteiger partial charge in [0, 0.05) is 23.7 Å². The van der Waals surface area contributed by atoms with E-state index in [9.17, 15) is 14.7 Å². The van der Waals surface area contributed by atoms with Crippen LogP contribution in [0.2, 0.25) is 0 Å². The van der Waals surface area contributed by atoms with Gasteiger partial charge < -0.3 is 15.5 Å². The summed E-state index contributed by atoms with van der Waals surface area (Å²) in [4.78, 5) is 26.9. The number of benzene rings is 1. The Balaban J connectivity index is 1.83. The molecule has 0 atom stereocenters. The number of pyridine rings is 1. The Kier molecular flexibility index (Phi) is 5.97. The van der Waals surface area contributed by atoms with Crippen LogP contribution in [0.5, 0.6) is 5.75 Å². The lowest BCUT2D eigenvalue weighted by atomic mass is 9.86. The lowest BCUT2D eigenvalue weighted by Gasteiger charge is -2.22. The smallest absolute Gasteiger partial charge is 0.394 e. The molecule has 1 aromatic carbocycles. The molecule has 0 radical (unpaired) electrons. The lowest BCUT2D eigenvalue weighted by Crippen LogP contribution is -2.22. The third-order valence-corrected chi connectivity index (χ3v) is 5.46. The second-order valence-electron chi connectivity index (χ2n) is 7.57. The summed E-state index contributed by atoms with van der Waals surface area (Å²) >= 11 is 0. The Bertz CT molecular complexity index is 878. The summed E-state index contributed by atoms with van der Waals surface area (Å²) in [5.41, 5.74) is 5.16. The van der Waals surface area contributed by atoms with Gasteiger partial charge in [0.25, 0.3) is 0 Å². The minimum absolute atomic E-state index is 0.274. The maximum absolute atomic E-state index is 11.4. The fourth-order valence-electron chi connectivity index (χ4n) is 3.99. The number of rotatable bonds is 4. The number of amides is 1. The first kappa shape index (κ1) is 19.9. The van der Waals surface area contributed by atoms with Gasteiger partial charge in [-0.15, -0.1) is 0 Å². The molecule has 6 nitrogen and oxygen atoms in total. The molecule has 0 aliphatic heterocycles. The summed E-state index contributed by atoms with van der Waals surface area (Å²) in [6.45, 7) is 3.86. The second-order valence-corrected chi connectivity index (χ2v) is 7.57. The SMILES string of the molecule is Cc1cc(NC(=O)C(=O)O)cc(C)c1Cc1ccc(O)c(C2CCCCC2)n1. The number of anilines is 1. The Morgan fingerprint density at radius 3 is 2.36 bits per heavy atom. The van der Waals surface area contributed by atoms with E-state index in [1.54, 1.807) is 18.2 Å². The van der Waals surface area contributed by atoms with E-state index in [-0.39, 0.29) is 5.75 Å². The van der Waals surface area contributed by atoms with Gasteiger partial charge in [-0.05, 0) is 67.6 Å². The maximum Gasteiger partial charge on any atom is 0.394 e. The first-order valence-electron chi connectivity index (χ1n) is 9.68. The van der Waals surface area contributed by atoms with Gasteiger partial charge in [0.2, 0.25) is 0 Å². The third kappa shape index (κ3) is 4.50. The molecular formula is C22H26N2O4. The van der Waals surface area contributed by atoms with Gasteiger partial charge in [0.1, 0.15) is 5.75 Å². The molecule has 0 unspecified atom stereocenters. The van der Waals surface area contributed by atoms with Gasteiger partial charge >= 0.3 is 11.9 Å². The van der Waals surface area contributed by atoms with E-state index in [2.05, 4.69) is 5.32 Å². The fraction of sp³-hybridized carbons (Fsp3) is 0.409. The Hall–Kier alpha value is -2.89. The van der Waals surface area contributed by atoms with Crippen LogP contribution in [0, 0.1) is 13.8 Å². The number of carbonyl (C=O) groups is 2. The molecule has 6 heteroatoms. The summed E-state index contributed by atoms with van der Waals surface area (Å²) < 4.78 is 0. The minimum Gasteiger partial charge on any atom is -0.506 e. The van der Waals surface area contributed by atoms with E-state index in [1.807, 2.05) is 19.9 Å². The van der Waals surface area contributed by atoms with E-state index in [4.69, 9.17) is 10.1 Å². The number of nitrogens with zero attached hydrogens (tertiary/aromatic N) is 1. The Labute approximate surface area is 164 Å². The molecule has 1 heterocycles. The van der Waals surface area contributed by atoms with Gasteiger partial charge in [-0.1, -0.05) is 19.3 Å². The van der Waals surface area contributed by atoms with Crippen LogP contribution in [0.3, 0.4) is 0 Å². The average molecular weight is 382 g/mol. The first-order valence-corrected chi connectivity index (χ1v) is 9.68. The molecule has 28 heavy (non-hydrogen) atoms. The zero-order valence-electron chi connectivity index (χ0n) is 16.3. The molecule has 1 aliphatic carbocycles. The van der Waals surface area contributed by atoms with E-state index in [0.717, 1.165) is 40.9 Å². The van der Waals surface area contributed by atoms with Gasteiger partial charge in [-0.25, -0.2) is 4.79 Å². The summed E-state index contributed by atoms with van der Waals surface area (Å²) in [6.07, 6.45) is 6.36. The van der Waals surface area contributed by atoms with Crippen LogP contribution in [-0.4, -0.2) is 27.1 Å². The molecule has 1 amide bonds. The van der Waals surface area contributed by atoms with Crippen LogP contribution in [0.15, 0.2) is 24.3 Å². The molecule has 0 spiro atoms. The number of hydrogen-bond acceptors (Lipinski definition) is 4. The largest absolute Gasteiger partial charge is 0.506 e. The lowest BCUT2D eigenvalue weighted by molar-refractivity contribution is -0.147. The predicted molar refractivity (Wildman–Crippen MR) is 107 cm³/mol. The number of carboxylic acids is 1. The van der Waals surface area contributed by atoms with Crippen LogP contribution in [-0.2, 0) is 16.0 Å². The molecule has 3 N–H and O–H groups in total. The van der Waals surface area contributed by atoms with Crippen molar-refractivity contribution in [2.24, 2.45) is 0 Å². The number of aryl methyl sites for hydroxylation is 2. The monoisotopic (exact) mass is 382 g/mol. The number of carboxylic acid groups (broad SMARTS) is 1. The van der Waals surface area contributed by atoms with Crippen LogP contribution in [0.4, 0.5) is 5.69 Å². The van der Waals surface area contributed by atoms with Crippen molar-refractivity contribution in [2.45, 2.75) is 58.3 Å². The number of carbonyl (C=O) groups excluding carboxylic acids is 1. The van der Waals surface area contributed by atoms with Gasteiger partial charge in [0.15, 0.2) is 0 Å². The number of aromatic hydroxyl groups is 1. The van der Waals surface area contributed by atoms with Crippen molar-refractivity contribution in [2.75, 3.05) is 5.32 Å². The van der Waals surface area contributed by atoms with Crippen LogP contribution in [0.25, 0.3) is 0 Å². The quantitative estimate of drug-likeness (QED) is 0.692. The van der Waals surface area contributed by atoms with Crippen molar-refractivity contribution in [3.8, 4) is 5.75 Å². The van der Waals surface area contributed by atoms with E-state index in [0.29, 0.717) is 18.0 Å². The molecule has 0 bridgehead atoms.